The molecule has 5 rings (SSSR count). The van der Waals surface area contributed by atoms with E-state index in [1.54, 1.807) is 19.3 Å². The summed E-state index contributed by atoms with van der Waals surface area (Å²) in [5.41, 5.74) is 4.78. The topological polar surface area (TPSA) is 83.4 Å². The number of benzene rings is 1. The van der Waals surface area contributed by atoms with Crippen LogP contribution in [0.2, 0.25) is 0 Å². The predicted octanol–water partition coefficient (Wildman–Crippen LogP) is 3.32. The number of aromatic nitrogens is 4. The molecule has 1 aliphatic rings. The maximum Gasteiger partial charge on any atom is 0.290 e. The number of fused-ring (bicyclic) bond motifs is 3. The molecule has 1 N–H and O–H groups in total. The fraction of sp³-hybridized carbons (Fsp3) is 0.238. The summed E-state index contributed by atoms with van der Waals surface area (Å²) in [4.78, 5) is 38.4. The minimum atomic E-state index is -0.0430. The van der Waals surface area contributed by atoms with Crippen LogP contribution in [0.25, 0.3) is 27.9 Å². The molecule has 28 heavy (non-hydrogen) atoms. The number of nitrogens with zero attached hydrogens (tertiary/aromatic N) is 4. The zero-order valence-electron chi connectivity index (χ0n) is 15.5. The molecule has 1 fully saturated rings. The second-order valence-electron chi connectivity index (χ2n) is 7.15. The molecular formula is C21H19N5O2. The van der Waals surface area contributed by atoms with E-state index in [0.29, 0.717) is 17.0 Å². The molecule has 0 saturated carbocycles. The van der Waals surface area contributed by atoms with E-state index >= 15 is 0 Å². The van der Waals surface area contributed by atoms with Gasteiger partial charge >= 0.3 is 0 Å². The van der Waals surface area contributed by atoms with E-state index in [1.165, 1.54) is 0 Å². The van der Waals surface area contributed by atoms with Gasteiger partial charge in [0.1, 0.15) is 0 Å². The molecule has 0 aliphatic carbocycles. The SMILES string of the molecule is CC(=O)c1ccc(-c2cc3c(ncc4cnc(C(=O)N5CCCC5)n43)[nH]2)cc1. The van der Waals surface area contributed by atoms with Crippen molar-refractivity contribution in [3.05, 3.63) is 54.1 Å². The summed E-state index contributed by atoms with van der Waals surface area (Å²) < 4.78 is 1.87. The molecule has 0 spiro atoms. The molecule has 7 heteroatoms. The van der Waals surface area contributed by atoms with Crippen molar-refractivity contribution in [1.82, 2.24) is 24.3 Å². The Bertz CT molecular complexity index is 1210. The van der Waals surface area contributed by atoms with Gasteiger partial charge < -0.3 is 9.88 Å². The van der Waals surface area contributed by atoms with E-state index in [9.17, 15) is 9.59 Å². The number of Topliss-reactive ketones (excluding diaryl/α,β-unsaturated/α-hetero) is 1. The molecule has 1 amide bonds. The Hall–Kier alpha value is -3.48. The number of rotatable bonds is 3. The standard InChI is InChI=1S/C21H19N5O2/c1-13(27)14-4-6-15(7-5-14)17-10-18-19(24-17)22-11-16-12-23-20(26(16)18)21(28)25-8-2-3-9-25/h4-7,10-12,24H,2-3,8-9H2,1H3. The molecule has 4 heterocycles. The predicted molar refractivity (Wildman–Crippen MR) is 105 cm³/mol. The van der Waals surface area contributed by atoms with Gasteiger partial charge in [-0.2, -0.15) is 0 Å². The van der Waals surface area contributed by atoms with Crippen molar-refractivity contribution in [3.63, 3.8) is 0 Å². The smallest absolute Gasteiger partial charge is 0.290 e. The maximum absolute atomic E-state index is 12.9. The van der Waals surface area contributed by atoms with E-state index < -0.39 is 0 Å². The summed E-state index contributed by atoms with van der Waals surface area (Å²) in [6.45, 7) is 3.11. The van der Waals surface area contributed by atoms with E-state index in [-0.39, 0.29) is 11.7 Å². The van der Waals surface area contributed by atoms with Gasteiger partial charge in [0.2, 0.25) is 5.82 Å². The quantitative estimate of drug-likeness (QED) is 0.559. The van der Waals surface area contributed by atoms with Gasteiger partial charge in [-0.05, 0) is 31.4 Å². The van der Waals surface area contributed by atoms with Crippen molar-refractivity contribution in [3.8, 4) is 11.3 Å². The summed E-state index contributed by atoms with van der Waals surface area (Å²) in [7, 11) is 0. The van der Waals surface area contributed by atoms with Gasteiger partial charge in [-0.15, -0.1) is 0 Å². The van der Waals surface area contributed by atoms with Crippen molar-refractivity contribution in [2.75, 3.05) is 13.1 Å². The van der Waals surface area contributed by atoms with Gasteiger partial charge in [0, 0.05) is 24.3 Å². The lowest BCUT2D eigenvalue weighted by atomic mass is 10.1. The number of hydrogen-bond donors (Lipinski definition) is 1. The molecule has 0 radical (unpaired) electrons. The Balaban J connectivity index is 1.63. The van der Waals surface area contributed by atoms with E-state index in [1.807, 2.05) is 39.6 Å². The lowest BCUT2D eigenvalue weighted by Crippen LogP contribution is -2.29. The second-order valence-corrected chi connectivity index (χ2v) is 7.15. The van der Waals surface area contributed by atoms with Crippen LogP contribution >= 0.6 is 0 Å². The first-order valence-electron chi connectivity index (χ1n) is 9.37. The molecule has 0 bridgehead atoms. The van der Waals surface area contributed by atoms with Crippen molar-refractivity contribution in [2.24, 2.45) is 0 Å². The minimum absolute atomic E-state index is 0.0371. The molecule has 4 aromatic rings. The Kier molecular flexibility index (Phi) is 3.75. The Morgan fingerprint density at radius 3 is 2.46 bits per heavy atom. The molecule has 7 nitrogen and oxygen atoms in total. The summed E-state index contributed by atoms with van der Waals surface area (Å²) in [5, 5.41) is 0. The number of imidazole rings is 1. The number of carbonyl (C=O) groups is 2. The third kappa shape index (κ3) is 2.58. The molecule has 140 valence electrons. The van der Waals surface area contributed by atoms with Crippen LogP contribution < -0.4 is 0 Å². The number of hydrogen-bond acceptors (Lipinski definition) is 4. The summed E-state index contributed by atoms with van der Waals surface area (Å²) in [6.07, 6.45) is 5.48. The highest BCUT2D eigenvalue weighted by Crippen LogP contribution is 2.26. The largest absolute Gasteiger partial charge is 0.338 e. The third-order valence-corrected chi connectivity index (χ3v) is 5.32. The first kappa shape index (κ1) is 16.7. The molecular weight excluding hydrogens is 354 g/mol. The number of nitrogens with one attached hydrogen (secondary N) is 1. The zero-order chi connectivity index (χ0) is 19.3. The van der Waals surface area contributed by atoms with Crippen LogP contribution in [-0.2, 0) is 0 Å². The average molecular weight is 373 g/mol. The van der Waals surface area contributed by atoms with Crippen molar-refractivity contribution < 1.29 is 9.59 Å². The number of amides is 1. The van der Waals surface area contributed by atoms with E-state index in [0.717, 1.165) is 48.2 Å². The van der Waals surface area contributed by atoms with Gasteiger partial charge in [0.05, 0.1) is 23.4 Å². The van der Waals surface area contributed by atoms with Crippen molar-refractivity contribution in [2.45, 2.75) is 19.8 Å². The van der Waals surface area contributed by atoms with E-state index in [4.69, 9.17) is 0 Å². The lowest BCUT2D eigenvalue weighted by Gasteiger charge is -2.14. The van der Waals surface area contributed by atoms with E-state index in [2.05, 4.69) is 15.0 Å². The monoisotopic (exact) mass is 373 g/mol. The van der Waals surface area contributed by atoms with Crippen LogP contribution in [0.4, 0.5) is 0 Å². The Morgan fingerprint density at radius 2 is 1.75 bits per heavy atom. The molecule has 1 aromatic carbocycles. The third-order valence-electron chi connectivity index (χ3n) is 5.32. The molecule has 0 atom stereocenters. The van der Waals surface area contributed by atoms with Crippen molar-refractivity contribution >= 4 is 28.4 Å². The maximum atomic E-state index is 12.9. The van der Waals surface area contributed by atoms with Crippen molar-refractivity contribution in [1.29, 1.82) is 0 Å². The van der Waals surface area contributed by atoms with Gasteiger partial charge in [0.25, 0.3) is 5.91 Å². The normalized spacial score (nSPS) is 14.2. The minimum Gasteiger partial charge on any atom is -0.338 e. The fourth-order valence-corrected chi connectivity index (χ4v) is 3.79. The van der Waals surface area contributed by atoms with Crippen LogP contribution in [0, 0.1) is 0 Å². The number of likely N-dealkylation sites (tertiary alicyclic amines) is 1. The highest BCUT2D eigenvalue weighted by Gasteiger charge is 2.24. The first-order valence-corrected chi connectivity index (χ1v) is 9.37. The van der Waals surface area contributed by atoms with Gasteiger partial charge in [0.15, 0.2) is 11.4 Å². The first-order chi connectivity index (χ1) is 13.6. The molecule has 1 aliphatic heterocycles. The highest BCUT2D eigenvalue weighted by atomic mass is 16.2. The van der Waals surface area contributed by atoms with Gasteiger partial charge in [-0.1, -0.05) is 24.3 Å². The summed E-state index contributed by atoms with van der Waals surface area (Å²) in [6, 6.07) is 9.41. The Labute approximate surface area is 161 Å². The second kappa shape index (κ2) is 6.30. The highest BCUT2D eigenvalue weighted by molar-refractivity contribution is 5.96. The molecule has 3 aromatic heterocycles. The van der Waals surface area contributed by atoms with Crippen LogP contribution in [0.15, 0.2) is 42.7 Å². The van der Waals surface area contributed by atoms with Crippen LogP contribution in [0.3, 0.4) is 0 Å². The van der Waals surface area contributed by atoms with Crippen LogP contribution in [-0.4, -0.2) is 49.0 Å². The lowest BCUT2D eigenvalue weighted by molar-refractivity contribution is 0.0780. The average Bonchev–Trinajstić information content (AvgIpc) is 3.45. The number of carbonyl (C=O) groups excluding carboxylic acids is 2. The fourth-order valence-electron chi connectivity index (χ4n) is 3.79. The molecule has 1 saturated heterocycles. The van der Waals surface area contributed by atoms with Crippen LogP contribution in [0.5, 0.6) is 0 Å². The summed E-state index contributed by atoms with van der Waals surface area (Å²) >= 11 is 0. The number of aromatic amines is 1. The van der Waals surface area contributed by atoms with Gasteiger partial charge in [-0.3, -0.25) is 14.0 Å². The number of H-pyrrole nitrogens is 1. The van der Waals surface area contributed by atoms with Gasteiger partial charge in [-0.25, -0.2) is 9.97 Å². The Morgan fingerprint density at radius 1 is 1.04 bits per heavy atom. The number of ketones is 1. The zero-order valence-corrected chi connectivity index (χ0v) is 15.5. The van der Waals surface area contributed by atoms with Crippen LogP contribution in [0.1, 0.15) is 40.7 Å². The molecule has 0 unspecified atom stereocenters. The summed E-state index contributed by atoms with van der Waals surface area (Å²) in [5.74, 6) is 0.412.